The van der Waals surface area contributed by atoms with Gasteiger partial charge in [0, 0.05) is 18.1 Å². The Morgan fingerprint density at radius 2 is 1.78 bits per heavy atom. The van der Waals surface area contributed by atoms with Crippen molar-refractivity contribution >= 4 is 5.91 Å². The molecule has 0 rings (SSSR count). The molecule has 0 aliphatic heterocycles. The van der Waals surface area contributed by atoms with Crippen LogP contribution >= 0.6 is 0 Å². The van der Waals surface area contributed by atoms with Gasteiger partial charge in [0.15, 0.2) is 0 Å². The Morgan fingerprint density at radius 1 is 1.28 bits per heavy atom. The third-order valence-electron chi connectivity index (χ3n) is 3.14. The molecule has 0 heterocycles. The van der Waals surface area contributed by atoms with Crippen molar-refractivity contribution < 1.29 is 9.90 Å². The lowest BCUT2D eigenvalue weighted by Gasteiger charge is -2.35. The van der Waals surface area contributed by atoms with Crippen LogP contribution in [0.1, 0.15) is 54.4 Å². The molecule has 0 aromatic rings. The fourth-order valence-corrected chi connectivity index (χ4v) is 2.19. The third kappa shape index (κ3) is 5.83. The molecule has 1 atom stereocenters. The van der Waals surface area contributed by atoms with Crippen LogP contribution in [0.5, 0.6) is 0 Å². The third-order valence-corrected chi connectivity index (χ3v) is 3.14. The number of hydrogen-bond acceptors (Lipinski definition) is 3. The highest BCUT2D eigenvalue weighted by Gasteiger charge is 2.27. The Hall–Kier alpha value is -0.610. The van der Waals surface area contributed by atoms with Crippen LogP contribution in [0.4, 0.5) is 0 Å². The Labute approximate surface area is 112 Å². The first kappa shape index (κ1) is 17.4. The van der Waals surface area contributed by atoms with Crippen LogP contribution in [0.25, 0.3) is 0 Å². The average Bonchev–Trinajstić information content (AvgIpc) is 2.26. The summed E-state index contributed by atoms with van der Waals surface area (Å²) in [5.41, 5.74) is -0.218. The maximum absolute atomic E-state index is 12.2. The monoisotopic (exact) mass is 258 g/mol. The molecule has 0 bridgehead atoms. The van der Waals surface area contributed by atoms with E-state index in [2.05, 4.69) is 24.1 Å². The summed E-state index contributed by atoms with van der Waals surface area (Å²) in [5, 5.41) is 12.2. The van der Waals surface area contributed by atoms with E-state index in [0.29, 0.717) is 12.6 Å². The van der Waals surface area contributed by atoms with Gasteiger partial charge in [-0.1, -0.05) is 13.8 Å². The van der Waals surface area contributed by atoms with Gasteiger partial charge in [0.05, 0.1) is 12.6 Å². The fourth-order valence-electron chi connectivity index (χ4n) is 2.19. The predicted molar refractivity (Wildman–Crippen MR) is 75.5 cm³/mol. The molecule has 1 unspecified atom stereocenters. The molecular formula is C14H30N2O2. The molecular weight excluding hydrogens is 228 g/mol. The van der Waals surface area contributed by atoms with E-state index in [0.717, 1.165) is 12.8 Å². The zero-order valence-corrected chi connectivity index (χ0v) is 12.8. The van der Waals surface area contributed by atoms with Crippen molar-refractivity contribution in [3.05, 3.63) is 0 Å². The molecule has 0 spiro atoms. The SMILES string of the molecule is CCC(CC)N(CCO)C(C)C(=O)NC(C)(C)C. The van der Waals surface area contributed by atoms with Crippen molar-refractivity contribution in [3.8, 4) is 0 Å². The second-order valence-electron chi connectivity index (χ2n) is 5.85. The highest BCUT2D eigenvalue weighted by molar-refractivity contribution is 5.82. The molecule has 0 saturated heterocycles. The summed E-state index contributed by atoms with van der Waals surface area (Å²) >= 11 is 0. The number of nitrogens with zero attached hydrogens (tertiary/aromatic N) is 1. The molecule has 4 heteroatoms. The van der Waals surface area contributed by atoms with E-state index in [1.807, 2.05) is 27.7 Å². The zero-order chi connectivity index (χ0) is 14.3. The van der Waals surface area contributed by atoms with E-state index in [4.69, 9.17) is 5.11 Å². The number of aliphatic hydroxyl groups is 1. The van der Waals surface area contributed by atoms with Crippen molar-refractivity contribution in [2.45, 2.75) is 72.0 Å². The minimum atomic E-state index is -0.218. The summed E-state index contributed by atoms with van der Waals surface area (Å²) in [6.07, 6.45) is 1.98. The number of carbonyl (C=O) groups excluding carboxylic acids is 1. The minimum absolute atomic E-state index is 0.0304. The molecule has 108 valence electrons. The van der Waals surface area contributed by atoms with Crippen LogP contribution < -0.4 is 5.32 Å². The Balaban J connectivity index is 4.74. The van der Waals surface area contributed by atoms with E-state index in [1.54, 1.807) is 0 Å². The lowest BCUT2D eigenvalue weighted by atomic mass is 10.1. The predicted octanol–water partition coefficient (Wildman–Crippen LogP) is 1.77. The van der Waals surface area contributed by atoms with Crippen molar-refractivity contribution in [2.75, 3.05) is 13.2 Å². The van der Waals surface area contributed by atoms with Gasteiger partial charge in [-0.05, 0) is 40.5 Å². The fraction of sp³-hybridized carbons (Fsp3) is 0.929. The van der Waals surface area contributed by atoms with Crippen molar-refractivity contribution in [2.24, 2.45) is 0 Å². The quantitative estimate of drug-likeness (QED) is 0.732. The van der Waals surface area contributed by atoms with E-state index in [9.17, 15) is 4.79 Å². The van der Waals surface area contributed by atoms with Gasteiger partial charge in [-0.3, -0.25) is 9.69 Å². The second-order valence-corrected chi connectivity index (χ2v) is 5.85. The maximum Gasteiger partial charge on any atom is 0.237 e. The van der Waals surface area contributed by atoms with E-state index < -0.39 is 0 Å². The van der Waals surface area contributed by atoms with Gasteiger partial charge >= 0.3 is 0 Å². The smallest absolute Gasteiger partial charge is 0.237 e. The normalized spacial score (nSPS) is 14.1. The Bertz CT molecular complexity index is 245. The molecule has 0 aliphatic rings. The van der Waals surface area contributed by atoms with Crippen LogP contribution in [0.15, 0.2) is 0 Å². The molecule has 0 aromatic carbocycles. The lowest BCUT2D eigenvalue weighted by Crippen LogP contribution is -2.54. The molecule has 0 aromatic heterocycles. The van der Waals surface area contributed by atoms with Crippen LogP contribution in [-0.4, -0.2) is 46.7 Å². The number of carbonyl (C=O) groups is 1. The summed E-state index contributed by atoms with van der Waals surface area (Å²) < 4.78 is 0. The highest BCUT2D eigenvalue weighted by atomic mass is 16.3. The highest BCUT2D eigenvalue weighted by Crippen LogP contribution is 2.13. The van der Waals surface area contributed by atoms with Crippen LogP contribution in [0, 0.1) is 0 Å². The Kier molecular flexibility index (Phi) is 7.48. The summed E-state index contributed by atoms with van der Waals surface area (Å²) in [6, 6.07) is 0.138. The molecule has 0 aliphatic carbocycles. The molecule has 0 radical (unpaired) electrons. The van der Waals surface area contributed by atoms with Gasteiger partial charge in [-0.25, -0.2) is 0 Å². The molecule has 2 N–H and O–H groups in total. The topological polar surface area (TPSA) is 52.6 Å². The Morgan fingerprint density at radius 3 is 2.11 bits per heavy atom. The van der Waals surface area contributed by atoms with Gasteiger partial charge in [-0.15, -0.1) is 0 Å². The van der Waals surface area contributed by atoms with Gasteiger partial charge in [0.2, 0.25) is 5.91 Å². The van der Waals surface area contributed by atoms with Crippen LogP contribution in [-0.2, 0) is 4.79 Å². The summed E-state index contributed by atoms with van der Waals surface area (Å²) in [6.45, 7) is 12.7. The zero-order valence-electron chi connectivity index (χ0n) is 12.8. The van der Waals surface area contributed by atoms with Gasteiger partial charge in [0.25, 0.3) is 0 Å². The van der Waals surface area contributed by atoms with Crippen LogP contribution in [0.2, 0.25) is 0 Å². The molecule has 18 heavy (non-hydrogen) atoms. The molecule has 4 nitrogen and oxygen atoms in total. The molecule has 0 saturated carbocycles. The first-order valence-corrected chi connectivity index (χ1v) is 6.95. The van der Waals surface area contributed by atoms with Crippen LogP contribution in [0.3, 0.4) is 0 Å². The number of aliphatic hydroxyl groups excluding tert-OH is 1. The van der Waals surface area contributed by atoms with E-state index in [1.165, 1.54) is 0 Å². The maximum atomic E-state index is 12.2. The minimum Gasteiger partial charge on any atom is -0.395 e. The summed E-state index contributed by atoms with van der Waals surface area (Å²) in [4.78, 5) is 14.3. The molecule has 1 amide bonds. The molecule has 0 fully saturated rings. The first-order chi connectivity index (χ1) is 8.26. The largest absolute Gasteiger partial charge is 0.395 e. The van der Waals surface area contributed by atoms with Gasteiger partial charge in [-0.2, -0.15) is 0 Å². The number of amides is 1. The number of hydrogen-bond donors (Lipinski definition) is 2. The van der Waals surface area contributed by atoms with E-state index in [-0.39, 0.29) is 24.1 Å². The summed E-state index contributed by atoms with van der Waals surface area (Å²) in [7, 11) is 0. The second kappa shape index (κ2) is 7.74. The standard InChI is InChI=1S/C14H30N2O2/c1-7-12(8-2)16(9-10-17)11(3)13(18)15-14(4,5)6/h11-12,17H,7-10H2,1-6H3,(H,15,18). The number of nitrogens with one attached hydrogen (secondary N) is 1. The number of rotatable bonds is 7. The van der Waals surface area contributed by atoms with Crippen molar-refractivity contribution in [3.63, 3.8) is 0 Å². The first-order valence-electron chi connectivity index (χ1n) is 6.95. The van der Waals surface area contributed by atoms with Gasteiger partial charge in [0.1, 0.15) is 0 Å². The van der Waals surface area contributed by atoms with Crippen molar-refractivity contribution in [1.29, 1.82) is 0 Å². The lowest BCUT2D eigenvalue weighted by molar-refractivity contribution is -0.128. The summed E-state index contributed by atoms with van der Waals surface area (Å²) in [5.74, 6) is 0.0304. The van der Waals surface area contributed by atoms with Gasteiger partial charge < -0.3 is 10.4 Å². The average molecular weight is 258 g/mol. The van der Waals surface area contributed by atoms with E-state index >= 15 is 0 Å². The van der Waals surface area contributed by atoms with Crippen molar-refractivity contribution in [1.82, 2.24) is 10.2 Å².